The molecule has 7 nitrogen and oxygen atoms in total. The predicted octanol–water partition coefficient (Wildman–Crippen LogP) is 0.460. The molecule has 1 aromatic heterocycles. The van der Waals surface area contributed by atoms with E-state index >= 15 is 0 Å². The standard InChI is InChI=1S/C18H21N5O2/c19-9-15-2-1-3-16(8-15)10-21-6-7-23(12-17(24)11-21)18(25)13-22-5-4-20-14-22/h1-5,8,14,17,24H,6-7,10-13H2. The van der Waals surface area contributed by atoms with Gasteiger partial charge in [0.05, 0.1) is 24.1 Å². The van der Waals surface area contributed by atoms with Crippen molar-refractivity contribution in [2.75, 3.05) is 26.2 Å². The second-order valence-electron chi connectivity index (χ2n) is 6.28. The minimum absolute atomic E-state index is 0.0228. The Morgan fingerprint density at radius 2 is 2.24 bits per heavy atom. The molecule has 2 aromatic rings. The zero-order chi connectivity index (χ0) is 17.6. The van der Waals surface area contributed by atoms with E-state index in [-0.39, 0.29) is 12.5 Å². The summed E-state index contributed by atoms with van der Waals surface area (Å²) in [6.45, 7) is 2.98. The van der Waals surface area contributed by atoms with Crippen molar-refractivity contribution in [1.29, 1.82) is 5.26 Å². The topological polar surface area (TPSA) is 85.4 Å². The maximum Gasteiger partial charge on any atom is 0.242 e. The third-order valence-corrected chi connectivity index (χ3v) is 4.28. The van der Waals surface area contributed by atoms with Crippen LogP contribution in [0.1, 0.15) is 11.1 Å². The minimum atomic E-state index is -0.589. The van der Waals surface area contributed by atoms with Crippen molar-refractivity contribution in [1.82, 2.24) is 19.4 Å². The van der Waals surface area contributed by atoms with Gasteiger partial charge >= 0.3 is 0 Å². The summed E-state index contributed by atoms with van der Waals surface area (Å²) in [6, 6.07) is 9.61. The highest BCUT2D eigenvalue weighted by Gasteiger charge is 2.24. The van der Waals surface area contributed by atoms with Crippen LogP contribution < -0.4 is 0 Å². The Hall–Kier alpha value is -2.69. The number of carbonyl (C=O) groups excluding carboxylic acids is 1. The summed E-state index contributed by atoms with van der Waals surface area (Å²) < 4.78 is 1.73. The molecule has 7 heteroatoms. The lowest BCUT2D eigenvalue weighted by molar-refractivity contribution is -0.132. The molecule has 25 heavy (non-hydrogen) atoms. The third kappa shape index (κ3) is 4.66. The molecular weight excluding hydrogens is 318 g/mol. The monoisotopic (exact) mass is 339 g/mol. The van der Waals surface area contributed by atoms with Crippen LogP contribution in [0.2, 0.25) is 0 Å². The maximum atomic E-state index is 12.4. The number of aliphatic hydroxyl groups excluding tert-OH is 1. The molecule has 1 amide bonds. The first kappa shape index (κ1) is 17.1. The van der Waals surface area contributed by atoms with E-state index in [2.05, 4.69) is 16.0 Å². The summed E-state index contributed by atoms with van der Waals surface area (Å²) in [6.07, 6.45) is 4.41. The van der Waals surface area contributed by atoms with Crippen LogP contribution in [0, 0.1) is 11.3 Å². The molecule has 0 saturated carbocycles. The van der Waals surface area contributed by atoms with Crippen molar-refractivity contribution >= 4 is 5.91 Å². The van der Waals surface area contributed by atoms with Crippen molar-refractivity contribution in [3.63, 3.8) is 0 Å². The number of hydrogen-bond acceptors (Lipinski definition) is 5. The van der Waals surface area contributed by atoms with Crippen LogP contribution >= 0.6 is 0 Å². The molecule has 130 valence electrons. The lowest BCUT2D eigenvalue weighted by atomic mass is 10.1. The molecule has 1 unspecified atom stereocenters. The number of nitrogens with zero attached hydrogens (tertiary/aromatic N) is 5. The molecule has 1 aliphatic heterocycles. The summed E-state index contributed by atoms with van der Waals surface area (Å²) in [5.74, 6) is -0.0228. The fraction of sp³-hybridized carbons (Fsp3) is 0.389. The number of β-amino-alcohol motifs (C(OH)–C–C–N with tert-alkyl or cyclic N) is 1. The highest BCUT2D eigenvalue weighted by molar-refractivity contribution is 5.76. The summed E-state index contributed by atoms with van der Waals surface area (Å²) in [5, 5.41) is 19.3. The molecule has 1 N–H and O–H groups in total. The number of hydrogen-bond donors (Lipinski definition) is 1. The fourth-order valence-electron chi connectivity index (χ4n) is 3.06. The van der Waals surface area contributed by atoms with Crippen molar-refractivity contribution < 1.29 is 9.90 Å². The van der Waals surface area contributed by atoms with E-state index in [0.717, 1.165) is 5.56 Å². The zero-order valence-electron chi connectivity index (χ0n) is 14.0. The Balaban J connectivity index is 1.60. The number of imidazole rings is 1. The van der Waals surface area contributed by atoms with Gasteiger partial charge in [-0.25, -0.2) is 4.98 Å². The predicted molar refractivity (Wildman–Crippen MR) is 91.2 cm³/mol. The molecule has 2 heterocycles. The molecule has 1 fully saturated rings. The van der Waals surface area contributed by atoms with Gasteiger partial charge in [-0.1, -0.05) is 12.1 Å². The number of benzene rings is 1. The van der Waals surface area contributed by atoms with E-state index < -0.39 is 6.10 Å². The number of rotatable bonds is 4. The lowest BCUT2D eigenvalue weighted by Gasteiger charge is -2.22. The highest BCUT2D eigenvalue weighted by Crippen LogP contribution is 2.11. The van der Waals surface area contributed by atoms with Crippen LogP contribution in [0.3, 0.4) is 0 Å². The second-order valence-corrected chi connectivity index (χ2v) is 6.28. The number of carbonyl (C=O) groups is 1. The number of amides is 1. The van der Waals surface area contributed by atoms with Gasteiger partial charge < -0.3 is 14.6 Å². The van der Waals surface area contributed by atoms with Crippen LogP contribution in [-0.2, 0) is 17.9 Å². The first-order chi connectivity index (χ1) is 12.1. The van der Waals surface area contributed by atoms with E-state index in [1.165, 1.54) is 0 Å². The molecular formula is C18H21N5O2. The average Bonchev–Trinajstić information content (AvgIpc) is 3.04. The Morgan fingerprint density at radius 1 is 1.36 bits per heavy atom. The highest BCUT2D eigenvalue weighted by atomic mass is 16.3. The Labute approximate surface area is 146 Å². The van der Waals surface area contributed by atoms with Gasteiger partial charge in [-0.05, 0) is 17.7 Å². The van der Waals surface area contributed by atoms with E-state index in [1.54, 1.807) is 34.3 Å². The Kier molecular flexibility index (Phi) is 5.43. The summed E-state index contributed by atoms with van der Waals surface area (Å²) >= 11 is 0. The lowest BCUT2D eigenvalue weighted by Crippen LogP contribution is -2.39. The number of aromatic nitrogens is 2. The zero-order valence-corrected chi connectivity index (χ0v) is 14.0. The molecule has 1 atom stereocenters. The molecule has 1 saturated heterocycles. The van der Waals surface area contributed by atoms with Crippen LogP contribution in [0.25, 0.3) is 0 Å². The molecule has 1 aromatic carbocycles. The van der Waals surface area contributed by atoms with Crippen molar-refractivity contribution in [3.05, 3.63) is 54.1 Å². The van der Waals surface area contributed by atoms with E-state index in [9.17, 15) is 9.90 Å². The van der Waals surface area contributed by atoms with Crippen LogP contribution in [0.5, 0.6) is 0 Å². The van der Waals surface area contributed by atoms with Crippen LogP contribution in [-0.4, -0.2) is 62.6 Å². The second kappa shape index (κ2) is 7.92. The average molecular weight is 339 g/mol. The summed E-state index contributed by atoms with van der Waals surface area (Å²) in [5.41, 5.74) is 1.66. The van der Waals surface area contributed by atoms with Gasteiger partial charge in [0, 0.05) is 45.1 Å². The van der Waals surface area contributed by atoms with Gasteiger partial charge in [0.15, 0.2) is 0 Å². The molecule has 0 spiro atoms. The molecule has 0 aliphatic carbocycles. The first-order valence-electron chi connectivity index (χ1n) is 8.27. The Morgan fingerprint density at radius 3 is 3.00 bits per heavy atom. The largest absolute Gasteiger partial charge is 0.390 e. The van der Waals surface area contributed by atoms with Gasteiger partial charge in [-0.2, -0.15) is 5.26 Å². The third-order valence-electron chi connectivity index (χ3n) is 4.28. The van der Waals surface area contributed by atoms with E-state index in [0.29, 0.717) is 38.3 Å². The van der Waals surface area contributed by atoms with Crippen molar-refractivity contribution in [3.8, 4) is 6.07 Å². The number of nitriles is 1. The molecule has 3 rings (SSSR count). The molecule has 0 bridgehead atoms. The normalized spacial score (nSPS) is 18.6. The number of aliphatic hydroxyl groups is 1. The quantitative estimate of drug-likeness (QED) is 0.875. The van der Waals surface area contributed by atoms with E-state index in [4.69, 9.17) is 5.26 Å². The van der Waals surface area contributed by atoms with Gasteiger partial charge in [0.1, 0.15) is 6.54 Å². The maximum absolute atomic E-state index is 12.4. The fourth-order valence-corrected chi connectivity index (χ4v) is 3.06. The first-order valence-corrected chi connectivity index (χ1v) is 8.27. The smallest absolute Gasteiger partial charge is 0.242 e. The van der Waals surface area contributed by atoms with Crippen molar-refractivity contribution in [2.45, 2.75) is 19.2 Å². The van der Waals surface area contributed by atoms with Crippen molar-refractivity contribution in [2.24, 2.45) is 0 Å². The summed E-state index contributed by atoms with van der Waals surface area (Å²) in [7, 11) is 0. The van der Waals surface area contributed by atoms with Gasteiger partial charge in [-0.15, -0.1) is 0 Å². The molecule has 0 radical (unpaired) electrons. The molecule has 1 aliphatic rings. The van der Waals surface area contributed by atoms with Crippen LogP contribution in [0.4, 0.5) is 0 Å². The SMILES string of the molecule is N#Cc1cccc(CN2CCN(C(=O)Cn3ccnc3)CC(O)C2)c1. The summed E-state index contributed by atoms with van der Waals surface area (Å²) in [4.78, 5) is 20.2. The minimum Gasteiger partial charge on any atom is -0.390 e. The van der Waals surface area contributed by atoms with E-state index in [1.807, 2.05) is 18.2 Å². The van der Waals surface area contributed by atoms with Gasteiger partial charge in [0.25, 0.3) is 0 Å². The van der Waals surface area contributed by atoms with Gasteiger partial charge in [-0.3, -0.25) is 9.69 Å². The Bertz CT molecular complexity index is 753. The van der Waals surface area contributed by atoms with Crippen LogP contribution in [0.15, 0.2) is 43.0 Å². The van der Waals surface area contributed by atoms with Gasteiger partial charge in [0.2, 0.25) is 5.91 Å².